The van der Waals surface area contributed by atoms with Gasteiger partial charge in [-0.2, -0.15) is 0 Å². The van der Waals surface area contributed by atoms with Crippen molar-refractivity contribution >= 4 is 0 Å². The van der Waals surface area contributed by atoms with Gasteiger partial charge in [0, 0.05) is 6.42 Å². The van der Waals surface area contributed by atoms with Gasteiger partial charge in [0.15, 0.2) is 11.5 Å². The van der Waals surface area contributed by atoms with Crippen LogP contribution < -0.4 is 14.8 Å². The van der Waals surface area contributed by atoms with Crippen molar-refractivity contribution < 1.29 is 19.2 Å². The molecule has 2 N–H and O–H groups in total. The highest BCUT2D eigenvalue weighted by Gasteiger charge is 2.13. The lowest BCUT2D eigenvalue weighted by Crippen LogP contribution is -2.83. The van der Waals surface area contributed by atoms with Crippen LogP contribution in [-0.4, -0.2) is 13.2 Å². The minimum Gasteiger partial charge on any atom is -0.490 e. The summed E-state index contributed by atoms with van der Waals surface area (Å²) < 4.78 is 25.7. The van der Waals surface area contributed by atoms with Crippen LogP contribution in [0.3, 0.4) is 0 Å². The second-order valence-electron chi connectivity index (χ2n) is 6.57. The summed E-state index contributed by atoms with van der Waals surface area (Å²) in [4.78, 5) is 0. The minimum absolute atomic E-state index is 0.138. The van der Waals surface area contributed by atoms with Gasteiger partial charge in [-0.1, -0.05) is 54.6 Å². The molecule has 0 amide bonds. The summed E-state index contributed by atoms with van der Waals surface area (Å²) >= 11 is 0. The van der Waals surface area contributed by atoms with Gasteiger partial charge in [-0.15, -0.1) is 0 Å². The second kappa shape index (κ2) is 10.5. The molecule has 0 aliphatic heterocycles. The Bertz CT molecular complexity index is 867. The molecule has 0 spiro atoms. The molecular formula is C24H27FNO2+. The lowest BCUT2D eigenvalue weighted by atomic mass is 10.1. The molecule has 0 unspecified atom stereocenters. The molecule has 0 aliphatic rings. The molecule has 3 aromatic rings. The Morgan fingerprint density at radius 2 is 1.57 bits per heavy atom. The van der Waals surface area contributed by atoms with E-state index in [2.05, 4.69) is 11.4 Å². The fraction of sp³-hybridized carbons (Fsp3) is 0.250. The van der Waals surface area contributed by atoms with E-state index in [1.807, 2.05) is 61.5 Å². The van der Waals surface area contributed by atoms with Crippen molar-refractivity contribution in [2.45, 2.75) is 26.5 Å². The van der Waals surface area contributed by atoms with Crippen molar-refractivity contribution in [3.63, 3.8) is 0 Å². The van der Waals surface area contributed by atoms with Crippen molar-refractivity contribution in [3.05, 3.63) is 95.3 Å². The highest BCUT2D eigenvalue weighted by Crippen LogP contribution is 2.31. The molecule has 28 heavy (non-hydrogen) atoms. The molecular weight excluding hydrogens is 353 g/mol. The highest BCUT2D eigenvalue weighted by molar-refractivity contribution is 5.46. The van der Waals surface area contributed by atoms with Crippen LogP contribution >= 0.6 is 0 Å². The summed E-state index contributed by atoms with van der Waals surface area (Å²) in [5.41, 5.74) is 2.95. The first-order chi connectivity index (χ1) is 13.8. The van der Waals surface area contributed by atoms with E-state index < -0.39 is 0 Å². The Hall–Kier alpha value is -2.85. The third-order valence-electron chi connectivity index (χ3n) is 4.53. The van der Waals surface area contributed by atoms with E-state index in [9.17, 15) is 4.39 Å². The van der Waals surface area contributed by atoms with Crippen molar-refractivity contribution in [2.75, 3.05) is 13.2 Å². The van der Waals surface area contributed by atoms with Gasteiger partial charge in [0.05, 0.1) is 18.7 Å². The Balaban J connectivity index is 1.64. The van der Waals surface area contributed by atoms with Crippen LogP contribution in [-0.2, 0) is 19.6 Å². The first-order valence-corrected chi connectivity index (χ1v) is 9.74. The third kappa shape index (κ3) is 5.57. The molecule has 3 aromatic carbocycles. The van der Waals surface area contributed by atoms with Gasteiger partial charge in [-0.25, -0.2) is 4.39 Å². The van der Waals surface area contributed by atoms with E-state index in [0.717, 1.165) is 41.3 Å². The fourth-order valence-electron chi connectivity index (χ4n) is 3.10. The van der Waals surface area contributed by atoms with Crippen molar-refractivity contribution in [2.24, 2.45) is 0 Å². The number of hydrogen-bond donors (Lipinski definition) is 1. The summed E-state index contributed by atoms with van der Waals surface area (Å²) in [5, 5.41) is 2.17. The van der Waals surface area contributed by atoms with Gasteiger partial charge in [0.1, 0.15) is 19.0 Å². The van der Waals surface area contributed by atoms with Crippen LogP contribution in [0.1, 0.15) is 23.6 Å². The number of rotatable bonds is 10. The van der Waals surface area contributed by atoms with Crippen molar-refractivity contribution in [1.29, 1.82) is 0 Å². The number of hydrogen-bond acceptors (Lipinski definition) is 2. The van der Waals surface area contributed by atoms with E-state index in [-0.39, 0.29) is 5.82 Å². The lowest BCUT2D eigenvalue weighted by molar-refractivity contribution is -0.670. The minimum atomic E-state index is -0.138. The zero-order valence-corrected chi connectivity index (χ0v) is 16.2. The molecule has 3 rings (SSSR count). The molecule has 3 nitrogen and oxygen atoms in total. The maximum Gasteiger partial charge on any atom is 0.170 e. The number of quaternary nitrogens is 1. The summed E-state index contributed by atoms with van der Waals surface area (Å²) in [6.45, 7) is 4.60. The van der Waals surface area contributed by atoms with Crippen molar-refractivity contribution in [1.82, 2.24) is 0 Å². The van der Waals surface area contributed by atoms with Gasteiger partial charge >= 0.3 is 0 Å². The van der Waals surface area contributed by atoms with Crippen LogP contribution in [0.5, 0.6) is 11.5 Å². The average Bonchev–Trinajstić information content (AvgIpc) is 2.73. The molecule has 0 atom stereocenters. The molecule has 0 bridgehead atoms. The maximum atomic E-state index is 13.8. The van der Waals surface area contributed by atoms with Crippen LogP contribution in [0.15, 0.2) is 72.8 Å². The number of halogens is 1. The van der Waals surface area contributed by atoms with E-state index in [4.69, 9.17) is 9.47 Å². The van der Waals surface area contributed by atoms with E-state index >= 15 is 0 Å². The second-order valence-corrected chi connectivity index (χ2v) is 6.57. The average molecular weight is 380 g/mol. The van der Waals surface area contributed by atoms with E-state index in [0.29, 0.717) is 19.6 Å². The first kappa shape index (κ1) is 19.9. The first-order valence-electron chi connectivity index (χ1n) is 9.74. The Kier molecular flexibility index (Phi) is 7.44. The van der Waals surface area contributed by atoms with Crippen LogP contribution in [0.4, 0.5) is 4.39 Å². The standard InChI is InChI=1S/C24H26FNO2/c1-2-27-23-14-8-12-21(24(23)28-18-19-9-4-3-5-10-19)17-26-16-15-20-11-6-7-13-22(20)25/h3-14,26H,2,15-18H2,1H3/p+1. The van der Waals surface area contributed by atoms with Crippen LogP contribution in [0.2, 0.25) is 0 Å². The highest BCUT2D eigenvalue weighted by atomic mass is 19.1. The summed E-state index contributed by atoms with van der Waals surface area (Å²) in [5.74, 6) is 1.41. The third-order valence-corrected chi connectivity index (χ3v) is 4.53. The number of para-hydroxylation sites is 1. The summed E-state index contributed by atoms with van der Waals surface area (Å²) in [7, 11) is 0. The molecule has 0 radical (unpaired) electrons. The molecule has 146 valence electrons. The zero-order valence-electron chi connectivity index (χ0n) is 16.2. The fourth-order valence-corrected chi connectivity index (χ4v) is 3.10. The lowest BCUT2D eigenvalue weighted by Gasteiger charge is -2.15. The normalized spacial score (nSPS) is 10.6. The molecule has 0 saturated carbocycles. The van der Waals surface area contributed by atoms with E-state index in [1.165, 1.54) is 6.07 Å². The maximum absolute atomic E-state index is 13.8. The SMILES string of the molecule is CCOc1cccc(C[NH2+]CCc2ccccc2F)c1OCc1ccccc1. The molecule has 0 heterocycles. The van der Waals surface area contributed by atoms with Gasteiger partial charge in [0.25, 0.3) is 0 Å². The van der Waals surface area contributed by atoms with Crippen LogP contribution in [0.25, 0.3) is 0 Å². The Morgan fingerprint density at radius 3 is 2.36 bits per heavy atom. The topological polar surface area (TPSA) is 35.1 Å². The number of nitrogens with two attached hydrogens (primary N) is 1. The van der Waals surface area contributed by atoms with Crippen molar-refractivity contribution in [3.8, 4) is 11.5 Å². The monoisotopic (exact) mass is 380 g/mol. The summed E-state index contributed by atoms with van der Waals surface area (Å²) in [6, 6.07) is 23.0. The Morgan fingerprint density at radius 1 is 0.821 bits per heavy atom. The number of benzene rings is 3. The smallest absolute Gasteiger partial charge is 0.170 e. The van der Waals surface area contributed by atoms with Gasteiger partial charge in [-0.05, 0) is 36.2 Å². The van der Waals surface area contributed by atoms with Crippen LogP contribution in [0, 0.1) is 5.82 Å². The molecule has 0 aromatic heterocycles. The number of ether oxygens (including phenoxy) is 2. The Labute approximate surface area is 166 Å². The van der Waals surface area contributed by atoms with E-state index in [1.54, 1.807) is 6.07 Å². The molecule has 4 heteroatoms. The van der Waals surface area contributed by atoms with Gasteiger partial charge in [-0.3, -0.25) is 0 Å². The zero-order chi connectivity index (χ0) is 19.6. The predicted molar refractivity (Wildman–Crippen MR) is 109 cm³/mol. The van der Waals surface area contributed by atoms with Gasteiger partial charge < -0.3 is 14.8 Å². The van der Waals surface area contributed by atoms with Gasteiger partial charge in [0.2, 0.25) is 0 Å². The molecule has 0 fully saturated rings. The molecule has 0 saturated heterocycles. The molecule has 0 aliphatic carbocycles. The quantitative estimate of drug-likeness (QED) is 0.537. The summed E-state index contributed by atoms with van der Waals surface area (Å²) in [6.07, 6.45) is 0.692. The predicted octanol–water partition coefficient (Wildman–Crippen LogP) is 4.11. The largest absolute Gasteiger partial charge is 0.490 e.